The maximum Gasteiger partial charge on any atom is 0.274 e. The van der Waals surface area contributed by atoms with Crippen LogP contribution in [0.2, 0.25) is 0 Å². The monoisotopic (exact) mass is 496 g/mol. The first-order valence-corrected chi connectivity index (χ1v) is 11.7. The fraction of sp³-hybridized carbons (Fsp3) is 0.148. The largest absolute Gasteiger partial charge is 0.390 e. The molecule has 0 atom stereocenters. The summed E-state index contributed by atoms with van der Waals surface area (Å²) in [6, 6.07) is 17.9. The number of nitrogens with one attached hydrogen (secondary N) is 3. The van der Waals surface area contributed by atoms with Crippen LogP contribution in [0.5, 0.6) is 0 Å². The molecule has 37 heavy (non-hydrogen) atoms. The lowest BCUT2D eigenvalue weighted by molar-refractivity contribution is 0.101. The molecule has 1 aliphatic rings. The fourth-order valence-corrected chi connectivity index (χ4v) is 3.83. The van der Waals surface area contributed by atoms with Gasteiger partial charge in [0.25, 0.3) is 11.8 Å². The molecule has 0 unspecified atom stereocenters. The summed E-state index contributed by atoms with van der Waals surface area (Å²) in [7, 11) is 0. The number of hydrogen-bond acceptors (Lipinski definition) is 5. The number of rotatable bonds is 7. The number of guanidine groups is 1. The Morgan fingerprint density at radius 3 is 2.24 bits per heavy atom. The Labute approximate surface area is 214 Å². The molecule has 7 N–H and O–H groups in total. The second-order valence-corrected chi connectivity index (χ2v) is 8.42. The number of hydrogen-bond donors (Lipinski definition) is 5. The first-order chi connectivity index (χ1) is 17.9. The molecule has 10 heteroatoms. The van der Waals surface area contributed by atoms with Crippen LogP contribution in [-0.2, 0) is 6.54 Å². The number of benzene rings is 2. The van der Waals surface area contributed by atoms with Gasteiger partial charge in [0, 0.05) is 30.7 Å². The second kappa shape index (κ2) is 11.6. The van der Waals surface area contributed by atoms with Crippen LogP contribution >= 0.6 is 0 Å². The van der Waals surface area contributed by atoms with Crippen molar-refractivity contribution < 1.29 is 9.59 Å². The van der Waals surface area contributed by atoms with Crippen molar-refractivity contribution in [1.82, 2.24) is 9.88 Å². The number of aliphatic imine (C=N–C) groups is 1. The van der Waals surface area contributed by atoms with E-state index in [0.717, 1.165) is 17.5 Å². The zero-order valence-corrected chi connectivity index (χ0v) is 20.1. The van der Waals surface area contributed by atoms with Crippen LogP contribution < -0.4 is 22.1 Å². The van der Waals surface area contributed by atoms with Gasteiger partial charge in [0.05, 0.1) is 18.4 Å². The maximum absolute atomic E-state index is 12.6. The van der Waals surface area contributed by atoms with E-state index in [0.29, 0.717) is 36.6 Å². The number of nitrogens with two attached hydrogens (primary N) is 2. The van der Waals surface area contributed by atoms with E-state index in [-0.39, 0.29) is 23.5 Å². The summed E-state index contributed by atoms with van der Waals surface area (Å²) in [6.45, 7) is 1.79. The Morgan fingerprint density at radius 2 is 1.68 bits per heavy atom. The molecule has 10 nitrogen and oxygen atoms in total. The summed E-state index contributed by atoms with van der Waals surface area (Å²) in [5.74, 6) is -0.619. The molecule has 0 radical (unpaired) electrons. The average molecular weight is 497 g/mol. The van der Waals surface area contributed by atoms with E-state index < -0.39 is 0 Å². The van der Waals surface area contributed by atoms with E-state index in [1.54, 1.807) is 23.1 Å². The third-order valence-corrected chi connectivity index (χ3v) is 5.91. The predicted octanol–water partition coefficient (Wildman–Crippen LogP) is 3.06. The van der Waals surface area contributed by atoms with Crippen LogP contribution in [0.15, 0.2) is 77.9 Å². The van der Waals surface area contributed by atoms with Gasteiger partial charge in [-0.15, -0.1) is 0 Å². The Morgan fingerprint density at radius 1 is 1.00 bits per heavy atom. The van der Waals surface area contributed by atoms with E-state index in [4.69, 9.17) is 16.9 Å². The molecule has 2 amide bonds. The lowest BCUT2D eigenvalue weighted by atomic mass is 9.99. The standard InChI is InChI=1S/C27H28N8O2/c28-17-31-15-18-1-6-22(7-2-18)33-25(36)21-5-10-24(32-16-21)26(37)34-23-8-3-19(4-9-23)20-11-13-35(14-12-20)27(29)30/h1-11,16-17H,12-15H2,(H2,28,31)(H3,29,30)(H,33,36)(H,34,37). The number of carbonyl (C=O) groups excluding carboxylic acids is 2. The van der Waals surface area contributed by atoms with E-state index in [1.165, 1.54) is 24.2 Å². The van der Waals surface area contributed by atoms with Crippen LogP contribution in [-0.4, -0.2) is 47.1 Å². The van der Waals surface area contributed by atoms with Gasteiger partial charge in [-0.05, 0) is 59.5 Å². The van der Waals surface area contributed by atoms with E-state index in [1.807, 2.05) is 36.4 Å². The highest BCUT2D eigenvalue weighted by Gasteiger charge is 2.15. The summed E-state index contributed by atoms with van der Waals surface area (Å²) >= 11 is 0. The molecule has 188 valence electrons. The molecule has 3 aromatic rings. The smallest absolute Gasteiger partial charge is 0.274 e. The highest BCUT2D eigenvalue weighted by molar-refractivity contribution is 6.06. The second-order valence-electron chi connectivity index (χ2n) is 8.42. The minimum Gasteiger partial charge on any atom is -0.390 e. The Kier molecular flexibility index (Phi) is 7.89. The summed E-state index contributed by atoms with van der Waals surface area (Å²) < 4.78 is 0. The van der Waals surface area contributed by atoms with Crippen LogP contribution in [0, 0.1) is 5.41 Å². The SMILES string of the molecule is N=C(N)N1CC=C(c2ccc(NC(=O)c3ccc(C(=O)Nc4ccc(CN=CN)cc4)cn3)cc2)CC1. The lowest BCUT2D eigenvalue weighted by Crippen LogP contribution is -2.39. The van der Waals surface area contributed by atoms with Gasteiger partial charge >= 0.3 is 0 Å². The van der Waals surface area contributed by atoms with E-state index >= 15 is 0 Å². The van der Waals surface area contributed by atoms with Gasteiger partial charge in [-0.25, -0.2) is 0 Å². The third kappa shape index (κ3) is 6.57. The van der Waals surface area contributed by atoms with Crippen molar-refractivity contribution in [3.63, 3.8) is 0 Å². The van der Waals surface area contributed by atoms with Gasteiger partial charge in [0.2, 0.25) is 0 Å². The summed E-state index contributed by atoms with van der Waals surface area (Å²) in [5, 5.41) is 13.2. The Balaban J connectivity index is 1.32. The van der Waals surface area contributed by atoms with Crippen molar-refractivity contribution in [2.45, 2.75) is 13.0 Å². The average Bonchev–Trinajstić information content (AvgIpc) is 2.93. The number of amides is 2. The summed E-state index contributed by atoms with van der Waals surface area (Å²) in [5.41, 5.74) is 15.8. The molecule has 4 rings (SSSR count). The molecular weight excluding hydrogens is 468 g/mol. The summed E-state index contributed by atoms with van der Waals surface area (Å²) in [4.78, 5) is 35.1. The molecule has 0 saturated carbocycles. The Bertz CT molecular complexity index is 1330. The number of pyridine rings is 1. The molecule has 1 aromatic heterocycles. The minimum absolute atomic E-state index is 0.0793. The van der Waals surface area contributed by atoms with Crippen LogP contribution in [0.1, 0.15) is 38.4 Å². The molecule has 0 aliphatic carbocycles. The highest BCUT2D eigenvalue weighted by Crippen LogP contribution is 2.24. The van der Waals surface area contributed by atoms with Crippen molar-refractivity contribution in [1.29, 1.82) is 5.41 Å². The molecule has 2 heterocycles. The van der Waals surface area contributed by atoms with Crippen LogP contribution in [0.25, 0.3) is 5.57 Å². The van der Waals surface area contributed by atoms with Gasteiger partial charge < -0.3 is 27.0 Å². The van der Waals surface area contributed by atoms with Crippen molar-refractivity contribution in [2.24, 2.45) is 16.5 Å². The molecule has 0 bridgehead atoms. The first-order valence-electron chi connectivity index (χ1n) is 11.7. The normalized spacial score (nSPS) is 13.2. The summed E-state index contributed by atoms with van der Waals surface area (Å²) in [6.07, 6.45) is 5.49. The molecule has 0 fully saturated rings. The van der Waals surface area contributed by atoms with Crippen molar-refractivity contribution in [3.8, 4) is 0 Å². The quantitative estimate of drug-likeness (QED) is 0.249. The van der Waals surface area contributed by atoms with Gasteiger partial charge in [-0.3, -0.25) is 25.0 Å². The van der Waals surface area contributed by atoms with Gasteiger partial charge in [-0.2, -0.15) is 0 Å². The first kappa shape index (κ1) is 25.1. The van der Waals surface area contributed by atoms with E-state index in [9.17, 15) is 9.59 Å². The number of carbonyl (C=O) groups is 2. The van der Waals surface area contributed by atoms with E-state index in [2.05, 4.69) is 26.7 Å². The van der Waals surface area contributed by atoms with Gasteiger partial charge in [-0.1, -0.05) is 30.3 Å². The number of aromatic nitrogens is 1. The van der Waals surface area contributed by atoms with Gasteiger partial charge in [0.15, 0.2) is 5.96 Å². The van der Waals surface area contributed by atoms with Crippen LogP contribution in [0.4, 0.5) is 11.4 Å². The molecule has 0 saturated heterocycles. The lowest BCUT2D eigenvalue weighted by Gasteiger charge is -2.26. The predicted molar refractivity (Wildman–Crippen MR) is 145 cm³/mol. The van der Waals surface area contributed by atoms with Crippen molar-refractivity contribution >= 4 is 41.1 Å². The molecular formula is C27H28N8O2. The molecule has 0 spiro atoms. The zero-order chi connectivity index (χ0) is 26.2. The number of anilines is 2. The Hall–Kier alpha value is -4.99. The van der Waals surface area contributed by atoms with Gasteiger partial charge in [0.1, 0.15) is 5.69 Å². The molecule has 1 aliphatic heterocycles. The molecule has 2 aromatic carbocycles. The topological polar surface area (TPSA) is 163 Å². The van der Waals surface area contributed by atoms with Crippen molar-refractivity contribution in [3.05, 3.63) is 95.3 Å². The highest BCUT2D eigenvalue weighted by atomic mass is 16.2. The zero-order valence-electron chi connectivity index (χ0n) is 20.1. The minimum atomic E-state index is -0.371. The number of nitrogens with zero attached hydrogens (tertiary/aromatic N) is 3. The third-order valence-electron chi connectivity index (χ3n) is 5.91. The fourth-order valence-electron chi connectivity index (χ4n) is 3.83. The maximum atomic E-state index is 12.6. The van der Waals surface area contributed by atoms with Crippen LogP contribution in [0.3, 0.4) is 0 Å². The van der Waals surface area contributed by atoms with Crippen molar-refractivity contribution in [2.75, 3.05) is 23.7 Å².